The molecule has 5 rings (SSSR count). The molecule has 0 saturated carbocycles. The first-order chi connectivity index (χ1) is 18.0. The number of amides is 1. The van der Waals surface area contributed by atoms with Gasteiger partial charge >= 0.3 is 5.97 Å². The van der Waals surface area contributed by atoms with E-state index < -0.39 is 29.5 Å². The summed E-state index contributed by atoms with van der Waals surface area (Å²) in [6, 6.07) is 10.3. The Morgan fingerprint density at radius 2 is 1.68 bits per heavy atom. The van der Waals surface area contributed by atoms with Gasteiger partial charge in [0.1, 0.15) is 26.3 Å². The van der Waals surface area contributed by atoms with Crippen molar-refractivity contribution in [3.05, 3.63) is 64.7 Å². The van der Waals surface area contributed by atoms with Gasteiger partial charge in [0.2, 0.25) is 5.78 Å². The predicted molar refractivity (Wildman–Crippen MR) is 128 cm³/mol. The van der Waals surface area contributed by atoms with Crippen LogP contribution in [0.15, 0.2) is 48.0 Å². The van der Waals surface area contributed by atoms with Crippen LogP contribution in [0.25, 0.3) is 5.76 Å². The summed E-state index contributed by atoms with van der Waals surface area (Å²) in [6.45, 7) is 4.56. The topological polar surface area (TPSA) is 119 Å². The van der Waals surface area contributed by atoms with Crippen LogP contribution in [0.3, 0.4) is 0 Å². The Kier molecular flexibility index (Phi) is 7.11. The minimum absolute atomic E-state index is 0.121. The number of Topliss-reactive ketones (excluding diaryl/α,β-unsaturated/α-hetero) is 1. The number of fused-ring (bicyclic) bond motifs is 1. The van der Waals surface area contributed by atoms with Gasteiger partial charge in [0, 0.05) is 5.57 Å². The third-order valence-electron chi connectivity index (χ3n) is 6.89. The van der Waals surface area contributed by atoms with Crippen LogP contribution in [0.5, 0.6) is 11.5 Å². The molecule has 0 aliphatic carbocycles. The van der Waals surface area contributed by atoms with Crippen molar-refractivity contribution in [2.45, 2.75) is 6.04 Å². The van der Waals surface area contributed by atoms with Gasteiger partial charge in [-0.05, 0) is 35.4 Å². The molecule has 2 aromatic rings. The van der Waals surface area contributed by atoms with E-state index in [1.165, 1.54) is 16.9 Å². The number of nitrogens with zero attached hydrogens (tertiary/aromatic N) is 1. The van der Waals surface area contributed by atoms with Crippen LogP contribution in [0.2, 0.25) is 0 Å². The fourth-order valence-corrected chi connectivity index (χ4v) is 4.90. The maximum absolute atomic E-state index is 13.7. The molecule has 1 amide bonds. The van der Waals surface area contributed by atoms with Crippen LogP contribution < -0.4 is 19.5 Å². The van der Waals surface area contributed by atoms with E-state index in [9.17, 15) is 19.5 Å². The number of methoxy groups -OCH3 is 1. The van der Waals surface area contributed by atoms with Crippen LogP contribution in [-0.2, 0) is 19.1 Å². The number of quaternary nitrogens is 1. The number of morpholine rings is 1. The van der Waals surface area contributed by atoms with Crippen molar-refractivity contribution in [2.24, 2.45) is 0 Å². The highest BCUT2D eigenvalue weighted by molar-refractivity contribution is 6.46. The number of esters is 1. The average Bonchev–Trinajstić information content (AvgIpc) is 3.20. The highest BCUT2D eigenvalue weighted by atomic mass is 16.6. The molecule has 0 spiro atoms. The zero-order valence-electron chi connectivity index (χ0n) is 20.5. The lowest BCUT2D eigenvalue weighted by Gasteiger charge is -2.30. The van der Waals surface area contributed by atoms with Gasteiger partial charge in [-0.15, -0.1) is 0 Å². The molecule has 2 saturated heterocycles. The van der Waals surface area contributed by atoms with Crippen molar-refractivity contribution in [2.75, 3.05) is 59.7 Å². The van der Waals surface area contributed by atoms with Gasteiger partial charge in [0.05, 0.1) is 45.0 Å². The molecular formula is C27H28N2O8. The molecule has 0 bridgehead atoms. The van der Waals surface area contributed by atoms with Crippen molar-refractivity contribution in [1.29, 1.82) is 0 Å². The number of carbonyl (C=O) groups is 3. The van der Waals surface area contributed by atoms with Crippen LogP contribution in [0.4, 0.5) is 0 Å². The fraction of sp³-hybridized carbons (Fsp3) is 0.370. The number of carbonyl (C=O) groups excluding carboxylic acids is 3. The lowest BCUT2D eigenvalue weighted by Crippen LogP contribution is -3.14. The molecule has 194 valence electrons. The van der Waals surface area contributed by atoms with E-state index in [1.54, 1.807) is 42.5 Å². The number of benzene rings is 2. The largest absolute Gasteiger partial charge is 0.872 e. The third kappa shape index (κ3) is 4.90. The van der Waals surface area contributed by atoms with Gasteiger partial charge < -0.3 is 33.9 Å². The van der Waals surface area contributed by atoms with Crippen molar-refractivity contribution in [3.63, 3.8) is 0 Å². The third-order valence-corrected chi connectivity index (χ3v) is 6.89. The molecule has 2 aromatic carbocycles. The molecule has 37 heavy (non-hydrogen) atoms. The number of rotatable bonds is 6. The summed E-state index contributed by atoms with van der Waals surface area (Å²) in [6.07, 6.45) is 0. The summed E-state index contributed by atoms with van der Waals surface area (Å²) in [5, 5.41) is 13.7. The first kappa shape index (κ1) is 24.8. The zero-order chi connectivity index (χ0) is 25.9. The first-order valence-corrected chi connectivity index (χ1v) is 12.2. The normalized spacial score (nSPS) is 21.2. The summed E-state index contributed by atoms with van der Waals surface area (Å²) in [5.74, 6) is -1.64. The number of likely N-dealkylation sites (tertiary alicyclic amines) is 1. The quantitative estimate of drug-likeness (QED) is 0.238. The summed E-state index contributed by atoms with van der Waals surface area (Å²) < 4.78 is 21.3. The summed E-state index contributed by atoms with van der Waals surface area (Å²) >= 11 is 0. The molecule has 1 N–H and O–H groups in total. The standard InChI is InChI=1S/C27H28N2O8/c1-34-27(33)18-4-2-17(3-5-18)23-22(24(30)19-6-7-20-21(16-19)37-15-14-36-20)25(31)26(32)29(23)9-8-28-10-12-35-13-11-28/h2-7,16,23,30H,8-15H2,1H3. The monoisotopic (exact) mass is 508 g/mol. The van der Waals surface area contributed by atoms with Gasteiger partial charge in [0.15, 0.2) is 11.5 Å². The molecule has 10 heteroatoms. The van der Waals surface area contributed by atoms with E-state index in [-0.39, 0.29) is 11.1 Å². The molecule has 0 aromatic heterocycles. The lowest BCUT2D eigenvalue weighted by molar-refractivity contribution is -0.907. The number of ketones is 1. The Hall–Kier alpha value is -3.89. The maximum atomic E-state index is 13.7. The molecule has 10 nitrogen and oxygen atoms in total. The minimum atomic E-state index is -0.882. The van der Waals surface area contributed by atoms with Crippen molar-refractivity contribution >= 4 is 23.4 Å². The Bertz CT molecular complexity index is 1230. The number of hydrogen-bond donors (Lipinski definition) is 1. The predicted octanol–water partition coefficient (Wildman–Crippen LogP) is -0.616. The van der Waals surface area contributed by atoms with Crippen LogP contribution in [-0.4, -0.2) is 82.3 Å². The Balaban J connectivity index is 1.53. The molecule has 0 radical (unpaired) electrons. The maximum Gasteiger partial charge on any atom is 0.337 e. The molecule has 1 unspecified atom stereocenters. The van der Waals surface area contributed by atoms with Gasteiger partial charge in [0.25, 0.3) is 5.91 Å². The Labute approximate surface area is 214 Å². The van der Waals surface area contributed by atoms with E-state index in [1.807, 2.05) is 0 Å². The second-order valence-electron chi connectivity index (χ2n) is 9.06. The molecular weight excluding hydrogens is 480 g/mol. The Morgan fingerprint density at radius 3 is 2.38 bits per heavy atom. The summed E-state index contributed by atoms with van der Waals surface area (Å²) in [5.41, 5.74) is 0.998. The second-order valence-corrected chi connectivity index (χ2v) is 9.06. The highest BCUT2D eigenvalue weighted by Crippen LogP contribution is 2.40. The van der Waals surface area contributed by atoms with E-state index in [4.69, 9.17) is 18.9 Å². The fourth-order valence-electron chi connectivity index (χ4n) is 4.90. The van der Waals surface area contributed by atoms with Gasteiger partial charge in [-0.25, -0.2) is 4.79 Å². The molecule has 3 aliphatic heterocycles. The molecule has 1 atom stereocenters. The van der Waals surface area contributed by atoms with Crippen molar-refractivity contribution < 1.29 is 43.3 Å². The van der Waals surface area contributed by atoms with Crippen LogP contribution >= 0.6 is 0 Å². The number of ether oxygens (including phenoxy) is 4. The molecule has 3 heterocycles. The Morgan fingerprint density at radius 1 is 1.00 bits per heavy atom. The summed E-state index contributed by atoms with van der Waals surface area (Å²) in [7, 11) is 1.29. The van der Waals surface area contributed by atoms with E-state index in [2.05, 4.69) is 0 Å². The van der Waals surface area contributed by atoms with Crippen molar-refractivity contribution in [3.8, 4) is 11.5 Å². The van der Waals surface area contributed by atoms with E-state index in [0.29, 0.717) is 62.1 Å². The van der Waals surface area contributed by atoms with Gasteiger partial charge in [-0.2, -0.15) is 0 Å². The zero-order valence-corrected chi connectivity index (χ0v) is 20.5. The number of hydrogen-bond acceptors (Lipinski definition) is 8. The van der Waals surface area contributed by atoms with Crippen LogP contribution in [0.1, 0.15) is 27.5 Å². The highest BCUT2D eigenvalue weighted by Gasteiger charge is 2.44. The first-order valence-electron chi connectivity index (χ1n) is 12.2. The van der Waals surface area contributed by atoms with E-state index >= 15 is 0 Å². The van der Waals surface area contributed by atoms with Crippen LogP contribution in [0, 0.1) is 0 Å². The summed E-state index contributed by atoms with van der Waals surface area (Å²) in [4.78, 5) is 41.1. The van der Waals surface area contributed by atoms with E-state index in [0.717, 1.165) is 13.1 Å². The van der Waals surface area contributed by atoms with Gasteiger partial charge in [-0.3, -0.25) is 9.59 Å². The lowest BCUT2D eigenvalue weighted by atomic mass is 9.94. The van der Waals surface area contributed by atoms with Crippen molar-refractivity contribution in [1.82, 2.24) is 4.90 Å². The smallest absolute Gasteiger partial charge is 0.337 e. The molecule has 3 aliphatic rings. The van der Waals surface area contributed by atoms with Gasteiger partial charge in [-0.1, -0.05) is 24.0 Å². The number of nitrogens with one attached hydrogen (secondary N) is 1. The average molecular weight is 509 g/mol. The second kappa shape index (κ2) is 10.6. The SMILES string of the molecule is COC(=O)c1ccc(C2C(=C([O-])c3ccc4c(c3)OCCO4)C(=O)C(=O)N2CC[NH+]2CCOCC2)cc1. The minimum Gasteiger partial charge on any atom is -0.872 e. The molecule has 2 fully saturated rings.